The number of benzene rings is 2. The molecule has 0 bridgehead atoms. The number of carbonyl (C=O) groups is 2. The summed E-state index contributed by atoms with van der Waals surface area (Å²) in [6.07, 6.45) is 0.233. The molecule has 0 saturated heterocycles. The summed E-state index contributed by atoms with van der Waals surface area (Å²) in [6.45, 7) is 0.730. The second-order valence-corrected chi connectivity index (χ2v) is 7.54. The number of anilines is 1. The first kappa shape index (κ1) is 21.8. The van der Waals surface area contributed by atoms with Crippen LogP contribution in [0.25, 0.3) is 6.08 Å². The first-order valence-corrected chi connectivity index (χ1v) is 10.1. The number of amides is 1. The van der Waals surface area contributed by atoms with E-state index in [1.54, 1.807) is 48.5 Å². The van der Waals surface area contributed by atoms with Gasteiger partial charge in [0, 0.05) is 11.1 Å². The van der Waals surface area contributed by atoms with Crippen LogP contribution in [0.4, 0.5) is 5.69 Å². The molecule has 0 spiro atoms. The van der Waals surface area contributed by atoms with E-state index in [1.807, 2.05) is 6.07 Å². The van der Waals surface area contributed by atoms with Gasteiger partial charge in [0.05, 0.1) is 11.6 Å². The van der Waals surface area contributed by atoms with Crippen molar-refractivity contribution < 1.29 is 22.7 Å². The van der Waals surface area contributed by atoms with Crippen LogP contribution in [0.5, 0.6) is 0 Å². The zero-order valence-corrected chi connectivity index (χ0v) is 16.3. The van der Waals surface area contributed by atoms with E-state index >= 15 is 0 Å². The maximum atomic E-state index is 12.1. The van der Waals surface area contributed by atoms with Crippen LogP contribution in [0.3, 0.4) is 0 Å². The van der Waals surface area contributed by atoms with Crippen LogP contribution >= 0.6 is 0 Å². The lowest BCUT2D eigenvalue weighted by atomic mass is 10.2. The average Bonchev–Trinajstić information content (AvgIpc) is 2.72. The molecule has 0 aliphatic heterocycles. The largest absolute Gasteiger partial charge is 0.452 e. The molecule has 1 atom stereocenters. The number of sulfonamides is 1. The Kier molecular flexibility index (Phi) is 7.65. The van der Waals surface area contributed by atoms with Crippen LogP contribution in [0.15, 0.2) is 60.0 Å². The third-order valence-corrected chi connectivity index (χ3v) is 4.63. The summed E-state index contributed by atoms with van der Waals surface area (Å²) in [5.41, 5.74) is 1.43. The first-order valence-electron chi connectivity index (χ1n) is 8.52. The number of esters is 1. The van der Waals surface area contributed by atoms with E-state index in [2.05, 4.69) is 10.0 Å². The van der Waals surface area contributed by atoms with Gasteiger partial charge in [0.2, 0.25) is 10.0 Å². The van der Waals surface area contributed by atoms with Gasteiger partial charge < -0.3 is 10.1 Å². The third-order valence-electron chi connectivity index (χ3n) is 3.59. The van der Waals surface area contributed by atoms with E-state index in [0.717, 1.165) is 5.41 Å². The number of nitrogens with zero attached hydrogens (tertiary/aromatic N) is 1. The van der Waals surface area contributed by atoms with Crippen molar-refractivity contribution >= 4 is 33.7 Å². The third kappa shape index (κ3) is 7.57. The highest BCUT2D eigenvalue weighted by Crippen LogP contribution is 2.10. The molecule has 0 fully saturated rings. The zero-order valence-electron chi connectivity index (χ0n) is 15.5. The van der Waals surface area contributed by atoms with E-state index < -0.39 is 34.5 Å². The number of hydrogen-bond donors (Lipinski definition) is 2. The van der Waals surface area contributed by atoms with Crippen molar-refractivity contribution in [3.05, 3.63) is 71.1 Å². The Morgan fingerprint density at radius 3 is 2.59 bits per heavy atom. The predicted octanol–water partition coefficient (Wildman–Crippen LogP) is 2.02. The Morgan fingerprint density at radius 1 is 1.17 bits per heavy atom. The Morgan fingerprint density at radius 2 is 1.90 bits per heavy atom. The molecule has 0 aliphatic carbocycles. The molecule has 0 radical (unpaired) electrons. The maximum Gasteiger partial charge on any atom is 0.321 e. The van der Waals surface area contributed by atoms with Crippen LogP contribution in [-0.4, -0.2) is 32.9 Å². The highest BCUT2D eigenvalue weighted by atomic mass is 32.2. The van der Waals surface area contributed by atoms with Crippen LogP contribution in [0.2, 0.25) is 0 Å². The summed E-state index contributed by atoms with van der Waals surface area (Å²) in [5, 5.41) is 12.3. The standard InChI is InChI=1S/C20H19N3O5S/c1-15(20(25)23-18-9-5-8-17(12-18)13-21)28-19(24)14-22-29(26,27)11-10-16-6-3-2-4-7-16/h2-12,15,22H,14H2,1H3,(H,23,25)/b11-10+. The van der Waals surface area contributed by atoms with Crippen LogP contribution in [0, 0.1) is 11.3 Å². The Bertz CT molecular complexity index is 1040. The average molecular weight is 413 g/mol. The topological polar surface area (TPSA) is 125 Å². The molecule has 0 aliphatic rings. The first-order chi connectivity index (χ1) is 13.8. The zero-order chi connectivity index (χ0) is 21.3. The van der Waals surface area contributed by atoms with Gasteiger partial charge in [-0.1, -0.05) is 36.4 Å². The number of hydrogen-bond acceptors (Lipinski definition) is 6. The summed E-state index contributed by atoms with van der Waals surface area (Å²) >= 11 is 0. The summed E-state index contributed by atoms with van der Waals surface area (Å²) < 4.78 is 30.8. The van der Waals surface area contributed by atoms with Gasteiger partial charge in [0.1, 0.15) is 6.54 Å². The molecule has 2 rings (SSSR count). The summed E-state index contributed by atoms with van der Waals surface area (Å²) in [7, 11) is -3.85. The second-order valence-electron chi connectivity index (χ2n) is 5.89. The monoisotopic (exact) mass is 413 g/mol. The SMILES string of the molecule is CC(OC(=O)CNS(=O)(=O)/C=C/c1ccccc1)C(=O)Nc1cccc(C#N)c1. The molecule has 9 heteroatoms. The van der Waals surface area contributed by atoms with Crippen LogP contribution in [-0.2, 0) is 24.3 Å². The number of ether oxygens (including phenoxy) is 1. The van der Waals surface area contributed by atoms with Crippen molar-refractivity contribution in [2.24, 2.45) is 0 Å². The Balaban J connectivity index is 1.83. The molecular formula is C20H19N3O5S. The summed E-state index contributed by atoms with van der Waals surface area (Å²) in [5.74, 6) is -1.52. The lowest BCUT2D eigenvalue weighted by Crippen LogP contribution is -2.35. The summed E-state index contributed by atoms with van der Waals surface area (Å²) in [6, 6.07) is 17.0. The van der Waals surface area contributed by atoms with Gasteiger partial charge in [0.15, 0.2) is 6.10 Å². The van der Waals surface area contributed by atoms with E-state index in [1.165, 1.54) is 19.1 Å². The minimum atomic E-state index is -3.85. The minimum Gasteiger partial charge on any atom is -0.452 e. The number of carbonyl (C=O) groups excluding carboxylic acids is 2. The molecule has 0 saturated carbocycles. The van der Waals surface area contributed by atoms with Gasteiger partial charge in [0.25, 0.3) is 5.91 Å². The van der Waals surface area contributed by atoms with E-state index in [4.69, 9.17) is 10.00 Å². The van der Waals surface area contributed by atoms with Crippen molar-refractivity contribution in [2.75, 3.05) is 11.9 Å². The molecule has 2 aromatic carbocycles. The molecule has 2 aromatic rings. The van der Waals surface area contributed by atoms with E-state index in [0.29, 0.717) is 16.8 Å². The number of nitrogens with one attached hydrogen (secondary N) is 2. The lowest BCUT2D eigenvalue weighted by molar-refractivity contribution is -0.151. The highest BCUT2D eigenvalue weighted by molar-refractivity contribution is 7.92. The maximum absolute atomic E-state index is 12.1. The van der Waals surface area contributed by atoms with Crippen molar-refractivity contribution in [1.29, 1.82) is 5.26 Å². The van der Waals surface area contributed by atoms with Crippen molar-refractivity contribution in [3.63, 3.8) is 0 Å². The van der Waals surface area contributed by atoms with Crippen LogP contribution in [0.1, 0.15) is 18.1 Å². The van der Waals surface area contributed by atoms with Crippen LogP contribution < -0.4 is 10.0 Å². The van der Waals surface area contributed by atoms with Gasteiger partial charge in [-0.2, -0.15) is 5.26 Å². The Labute approximate surface area is 168 Å². The Hall–Kier alpha value is -3.48. The van der Waals surface area contributed by atoms with Crippen molar-refractivity contribution in [1.82, 2.24) is 4.72 Å². The molecule has 150 valence electrons. The fourth-order valence-corrected chi connectivity index (χ4v) is 2.89. The smallest absolute Gasteiger partial charge is 0.321 e. The predicted molar refractivity (Wildman–Crippen MR) is 108 cm³/mol. The van der Waals surface area contributed by atoms with Gasteiger partial charge in [-0.3, -0.25) is 9.59 Å². The van der Waals surface area contributed by atoms with Crippen molar-refractivity contribution in [3.8, 4) is 6.07 Å². The van der Waals surface area contributed by atoms with E-state index in [9.17, 15) is 18.0 Å². The number of rotatable bonds is 8. The molecule has 2 N–H and O–H groups in total. The summed E-state index contributed by atoms with van der Waals surface area (Å²) in [4.78, 5) is 23.9. The molecule has 29 heavy (non-hydrogen) atoms. The fourth-order valence-electron chi connectivity index (χ4n) is 2.14. The molecule has 8 nitrogen and oxygen atoms in total. The number of nitriles is 1. The van der Waals surface area contributed by atoms with Crippen molar-refractivity contribution in [2.45, 2.75) is 13.0 Å². The molecule has 0 aromatic heterocycles. The fraction of sp³-hybridized carbons (Fsp3) is 0.150. The normalized spacial score (nSPS) is 12.1. The molecule has 0 heterocycles. The van der Waals surface area contributed by atoms with Gasteiger partial charge in [-0.25, -0.2) is 13.1 Å². The lowest BCUT2D eigenvalue weighted by Gasteiger charge is -2.13. The van der Waals surface area contributed by atoms with E-state index in [-0.39, 0.29) is 0 Å². The quantitative estimate of drug-likeness (QED) is 0.638. The van der Waals surface area contributed by atoms with Gasteiger partial charge in [-0.15, -0.1) is 0 Å². The molecule has 1 amide bonds. The van der Waals surface area contributed by atoms with Gasteiger partial charge in [-0.05, 0) is 36.8 Å². The molecule has 1 unspecified atom stereocenters. The minimum absolute atomic E-state index is 0.366. The van der Waals surface area contributed by atoms with Gasteiger partial charge >= 0.3 is 5.97 Å². The molecular weight excluding hydrogens is 394 g/mol. The highest BCUT2D eigenvalue weighted by Gasteiger charge is 2.19. The second kappa shape index (κ2) is 10.2.